The van der Waals surface area contributed by atoms with Crippen LogP contribution in [0.15, 0.2) is 40.1 Å². The summed E-state index contributed by atoms with van der Waals surface area (Å²) in [6.45, 7) is 1.89. The molecule has 88 valence electrons. The third kappa shape index (κ3) is 3.08. The minimum absolute atomic E-state index is 0.707. The number of carbonyl (C=O) groups is 1. The number of hydrogen-bond donors (Lipinski definition) is 0. The summed E-state index contributed by atoms with van der Waals surface area (Å²) in [5.41, 5.74) is 1.63. The molecule has 2 aromatic rings. The molecule has 1 aromatic carbocycles. The molecule has 1 atom stereocenters. The van der Waals surface area contributed by atoms with Crippen LogP contribution in [0.3, 0.4) is 0 Å². The monoisotopic (exact) mass is 264 g/mol. The molecule has 2 rings (SSSR count). The van der Waals surface area contributed by atoms with Gasteiger partial charge in [0.2, 0.25) is 0 Å². The van der Waals surface area contributed by atoms with Gasteiger partial charge in [-0.3, -0.25) is 0 Å². The SMILES string of the molecule is Cc1csc(S[C@@H](C(=O)[O-])c2ccccc2)n1. The Kier molecular flexibility index (Phi) is 3.81. The van der Waals surface area contributed by atoms with E-state index in [1.54, 1.807) is 12.1 Å². The molecule has 0 saturated carbocycles. The van der Waals surface area contributed by atoms with Gasteiger partial charge in [0.1, 0.15) is 0 Å². The normalized spacial score (nSPS) is 12.3. The molecule has 0 aliphatic heterocycles. The first-order valence-corrected chi connectivity index (χ1v) is 6.77. The predicted molar refractivity (Wildman–Crippen MR) is 66.9 cm³/mol. The van der Waals surface area contributed by atoms with Crippen molar-refractivity contribution < 1.29 is 9.90 Å². The number of nitrogens with zero attached hydrogens (tertiary/aromatic N) is 1. The maximum absolute atomic E-state index is 11.2. The molecular weight excluding hydrogens is 254 g/mol. The molecule has 0 aliphatic carbocycles. The number of thiazole rings is 1. The summed E-state index contributed by atoms with van der Waals surface area (Å²) in [5.74, 6) is -1.09. The van der Waals surface area contributed by atoms with Crippen LogP contribution in [-0.2, 0) is 4.79 Å². The first-order valence-electron chi connectivity index (χ1n) is 5.01. The average Bonchev–Trinajstić information content (AvgIpc) is 2.73. The Balaban J connectivity index is 2.22. The Morgan fingerprint density at radius 1 is 1.41 bits per heavy atom. The zero-order valence-corrected chi connectivity index (χ0v) is 10.8. The Labute approximate surface area is 108 Å². The van der Waals surface area contributed by atoms with Crippen LogP contribution in [0.4, 0.5) is 0 Å². The summed E-state index contributed by atoms with van der Waals surface area (Å²) in [6.07, 6.45) is 0. The number of hydrogen-bond acceptors (Lipinski definition) is 5. The number of rotatable bonds is 4. The lowest BCUT2D eigenvalue weighted by Gasteiger charge is -2.16. The molecule has 0 spiro atoms. The molecule has 5 heteroatoms. The highest BCUT2D eigenvalue weighted by molar-refractivity contribution is 8.01. The molecule has 0 fully saturated rings. The number of thioether (sulfide) groups is 1. The second kappa shape index (κ2) is 5.33. The van der Waals surface area contributed by atoms with Crippen molar-refractivity contribution in [3.8, 4) is 0 Å². The van der Waals surface area contributed by atoms with E-state index in [1.807, 2.05) is 30.5 Å². The summed E-state index contributed by atoms with van der Waals surface area (Å²) in [6, 6.07) is 9.06. The quantitative estimate of drug-likeness (QED) is 0.793. The van der Waals surface area contributed by atoms with Crippen molar-refractivity contribution in [3.63, 3.8) is 0 Å². The highest BCUT2D eigenvalue weighted by atomic mass is 32.2. The summed E-state index contributed by atoms with van der Waals surface area (Å²) < 4.78 is 0.751. The van der Waals surface area contributed by atoms with E-state index in [0.717, 1.165) is 15.6 Å². The van der Waals surface area contributed by atoms with Crippen LogP contribution in [0.1, 0.15) is 16.5 Å². The lowest BCUT2D eigenvalue weighted by atomic mass is 10.1. The molecule has 0 radical (unpaired) electrons. The first kappa shape index (κ1) is 12.1. The van der Waals surface area contributed by atoms with Crippen LogP contribution in [0.25, 0.3) is 0 Å². The van der Waals surface area contributed by atoms with Gasteiger partial charge in [-0.15, -0.1) is 11.3 Å². The van der Waals surface area contributed by atoms with E-state index in [-0.39, 0.29) is 0 Å². The summed E-state index contributed by atoms with van der Waals surface area (Å²) in [5, 5.41) is 12.4. The topological polar surface area (TPSA) is 53.0 Å². The average molecular weight is 264 g/mol. The third-order valence-electron chi connectivity index (χ3n) is 2.13. The molecule has 0 unspecified atom stereocenters. The summed E-state index contributed by atoms with van der Waals surface area (Å²) in [7, 11) is 0. The molecule has 17 heavy (non-hydrogen) atoms. The minimum Gasteiger partial charge on any atom is -0.549 e. The molecule has 1 aromatic heterocycles. The van der Waals surface area contributed by atoms with Crippen LogP contribution < -0.4 is 5.11 Å². The lowest BCUT2D eigenvalue weighted by molar-refractivity contribution is -0.305. The molecule has 0 aliphatic rings. The van der Waals surface area contributed by atoms with Gasteiger partial charge >= 0.3 is 0 Å². The van der Waals surface area contributed by atoms with E-state index in [1.165, 1.54) is 23.1 Å². The fraction of sp³-hybridized carbons (Fsp3) is 0.167. The molecule has 3 nitrogen and oxygen atoms in total. The van der Waals surface area contributed by atoms with Gasteiger partial charge in [0.25, 0.3) is 0 Å². The van der Waals surface area contributed by atoms with Gasteiger partial charge in [0.15, 0.2) is 4.34 Å². The van der Waals surface area contributed by atoms with Gasteiger partial charge in [-0.25, -0.2) is 4.98 Å². The highest BCUT2D eigenvalue weighted by Gasteiger charge is 2.15. The van der Waals surface area contributed by atoms with Crippen molar-refractivity contribution in [2.75, 3.05) is 0 Å². The molecule has 0 bridgehead atoms. The summed E-state index contributed by atoms with van der Waals surface area (Å²) in [4.78, 5) is 15.4. The largest absolute Gasteiger partial charge is 0.549 e. The number of aliphatic carboxylic acids is 1. The molecule has 1 heterocycles. The van der Waals surface area contributed by atoms with E-state index >= 15 is 0 Å². The molecule has 0 N–H and O–H groups in total. The number of aromatic nitrogens is 1. The zero-order valence-electron chi connectivity index (χ0n) is 9.12. The van der Waals surface area contributed by atoms with Crippen molar-refractivity contribution in [2.24, 2.45) is 0 Å². The second-order valence-electron chi connectivity index (χ2n) is 3.48. The van der Waals surface area contributed by atoms with Crippen LogP contribution in [-0.4, -0.2) is 11.0 Å². The minimum atomic E-state index is -1.09. The van der Waals surface area contributed by atoms with Crippen LogP contribution >= 0.6 is 23.1 Å². The van der Waals surface area contributed by atoms with Gasteiger partial charge in [-0.2, -0.15) is 0 Å². The maximum Gasteiger partial charge on any atom is 0.151 e. The Morgan fingerprint density at radius 3 is 2.65 bits per heavy atom. The zero-order chi connectivity index (χ0) is 12.3. The highest BCUT2D eigenvalue weighted by Crippen LogP contribution is 2.36. The van der Waals surface area contributed by atoms with Gasteiger partial charge in [0, 0.05) is 11.1 Å². The van der Waals surface area contributed by atoms with Gasteiger partial charge in [-0.05, 0) is 12.5 Å². The Hall–Kier alpha value is -1.33. The van der Waals surface area contributed by atoms with Crippen molar-refractivity contribution in [1.82, 2.24) is 4.98 Å². The predicted octanol–water partition coefficient (Wildman–Crippen LogP) is 2.03. The molecule has 0 saturated heterocycles. The third-order valence-corrected chi connectivity index (χ3v) is 4.46. The smallest absolute Gasteiger partial charge is 0.151 e. The Morgan fingerprint density at radius 2 is 2.12 bits per heavy atom. The van der Waals surface area contributed by atoms with E-state index in [0.29, 0.717) is 0 Å². The van der Waals surface area contributed by atoms with E-state index in [2.05, 4.69) is 4.98 Å². The number of benzene rings is 1. The number of aryl methyl sites for hydroxylation is 1. The molecular formula is C12H10NO2S2-. The van der Waals surface area contributed by atoms with Crippen molar-refractivity contribution in [1.29, 1.82) is 0 Å². The standard InChI is InChI=1S/C12H11NO2S2/c1-8-7-16-12(13-8)17-10(11(14)15)9-5-3-2-4-6-9/h2-7,10H,1H3,(H,14,15)/p-1/t10-/m1/s1. The van der Waals surface area contributed by atoms with Crippen molar-refractivity contribution in [2.45, 2.75) is 16.5 Å². The van der Waals surface area contributed by atoms with Gasteiger partial charge < -0.3 is 9.90 Å². The Bertz CT molecular complexity index is 510. The van der Waals surface area contributed by atoms with Crippen LogP contribution in [0, 0.1) is 6.92 Å². The van der Waals surface area contributed by atoms with Crippen LogP contribution in [0.2, 0.25) is 0 Å². The van der Waals surface area contributed by atoms with Gasteiger partial charge in [0.05, 0.1) is 11.2 Å². The first-order chi connectivity index (χ1) is 8.16. The van der Waals surface area contributed by atoms with E-state index in [4.69, 9.17) is 0 Å². The van der Waals surface area contributed by atoms with Crippen molar-refractivity contribution >= 4 is 29.1 Å². The fourth-order valence-corrected chi connectivity index (χ4v) is 3.33. The van der Waals surface area contributed by atoms with E-state index in [9.17, 15) is 9.90 Å². The second-order valence-corrected chi connectivity index (χ2v) is 5.69. The van der Waals surface area contributed by atoms with Crippen molar-refractivity contribution in [3.05, 3.63) is 47.0 Å². The molecule has 0 amide bonds. The van der Waals surface area contributed by atoms with E-state index < -0.39 is 11.2 Å². The summed E-state index contributed by atoms with van der Waals surface area (Å²) >= 11 is 2.67. The number of carbonyl (C=O) groups excluding carboxylic acids is 1. The lowest BCUT2D eigenvalue weighted by Crippen LogP contribution is -2.27. The maximum atomic E-state index is 11.2. The number of carboxylic acid groups (broad SMARTS) is 1. The fourth-order valence-electron chi connectivity index (χ4n) is 1.37. The number of carboxylic acids is 1. The van der Waals surface area contributed by atoms with Crippen LogP contribution in [0.5, 0.6) is 0 Å². The van der Waals surface area contributed by atoms with Gasteiger partial charge in [-0.1, -0.05) is 42.1 Å².